The van der Waals surface area contributed by atoms with Crippen molar-refractivity contribution in [2.75, 3.05) is 7.11 Å². The van der Waals surface area contributed by atoms with Gasteiger partial charge in [-0.15, -0.1) is 11.3 Å². The zero-order valence-electron chi connectivity index (χ0n) is 10.5. The predicted octanol–water partition coefficient (Wildman–Crippen LogP) is 4.22. The summed E-state index contributed by atoms with van der Waals surface area (Å²) in [4.78, 5) is 0.933. The lowest BCUT2D eigenvalue weighted by molar-refractivity contribution is 0.222. The van der Waals surface area contributed by atoms with Crippen LogP contribution in [-0.2, 0) is 0 Å². The zero-order chi connectivity index (χ0) is 13.3. The van der Waals surface area contributed by atoms with Crippen molar-refractivity contribution < 1.29 is 9.84 Å². The van der Waals surface area contributed by atoms with E-state index in [1.165, 1.54) is 0 Å². The molecule has 0 aliphatic rings. The van der Waals surface area contributed by atoms with Crippen LogP contribution in [0.25, 0.3) is 0 Å². The lowest BCUT2D eigenvalue weighted by atomic mass is 9.99. The van der Waals surface area contributed by atoms with E-state index in [2.05, 4.69) is 15.9 Å². The normalized spacial score (nSPS) is 12.5. The Bertz CT molecular complexity index is 563. The number of benzene rings is 1. The first-order valence-corrected chi connectivity index (χ1v) is 7.28. The van der Waals surface area contributed by atoms with Gasteiger partial charge in [0.15, 0.2) is 0 Å². The van der Waals surface area contributed by atoms with Gasteiger partial charge in [0.05, 0.1) is 12.0 Å². The molecule has 0 fully saturated rings. The molecule has 0 saturated carbocycles. The molecule has 1 heterocycles. The maximum Gasteiger partial charge on any atom is 0.122 e. The Labute approximate surface area is 119 Å². The Morgan fingerprint density at radius 1 is 1.28 bits per heavy atom. The monoisotopic (exact) mass is 326 g/mol. The number of ether oxygens (including phenoxy) is 1. The van der Waals surface area contributed by atoms with Crippen molar-refractivity contribution in [1.29, 1.82) is 0 Å². The van der Waals surface area contributed by atoms with E-state index in [0.29, 0.717) is 0 Å². The first-order valence-electron chi connectivity index (χ1n) is 5.60. The Morgan fingerprint density at radius 3 is 2.56 bits per heavy atom. The standard InChI is InChI=1S/C14H15BrO2S/c1-8-7-12(17-3)9(2)6-10(8)13(16)14-11(15)4-5-18-14/h4-7,13,16H,1-3H3. The second-order valence-electron chi connectivity index (χ2n) is 4.21. The molecule has 96 valence electrons. The molecule has 0 spiro atoms. The average Bonchev–Trinajstić information content (AvgIpc) is 2.77. The topological polar surface area (TPSA) is 29.5 Å². The number of aliphatic hydroxyl groups is 1. The minimum atomic E-state index is -0.594. The summed E-state index contributed by atoms with van der Waals surface area (Å²) in [5.41, 5.74) is 2.99. The fraction of sp³-hybridized carbons (Fsp3) is 0.286. The molecule has 2 aromatic rings. The summed E-state index contributed by atoms with van der Waals surface area (Å²) in [5, 5.41) is 12.4. The van der Waals surface area contributed by atoms with Crippen LogP contribution in [0.3, 0.4) is 0 Å². The summed E-state index contributed by atoms with van der Waals surface area (Å²) >= 11 is 5.01. The molecule has 1 aromatic carbocycles. The van der Waals surface area contributed by atoms with E-state index in [1.54, 1.807) is 18.4 Å². The summed E-state index contributed by atoms with van der Waals surface area (Å²) in [7, 11) is 1.66. The van der Waals surface area contributed by atoms with Gasteiger partial charge >= 0.3 is 0 Å². The van der Waals surface area contributed by atoms with Crippen LogP contribution in [0.4, 0.5) is 0 Å². The number of halogens is 1. The highest BCUT2D eigenvalue weighted by molar-refractivity contribution is 9.10. The fourth-order valence-corrected chi connectivity index (χ4v) is 3.56. The van der Waals surface area contributed by atoms with Crippen molar-refractivity contribution in [3.05, 3.63) is 49.6 Å². The van der Waals surface area contributed by atoms with Crippen molar-refractivity contribution in [1.82, 2.24) is 0 Å². The van der Waals surface area contributed by atoms with Gasteiger partial charge in [-0.1, -0.05) is 0 Å². The molecule has 0 saturated heterocycles. The number of methoxy groups -OCH3 is 1. The van der Waals surface area contributed by atoms with E-state index in [4.69, 9.17) is 4.74 Å². The minimum Gasteiger partial charge on any atom is -0.496 e. The summed E-state index contributed by atoms with van der Waals surface area (Å²) < 4.78 is 6.24. The van der Waals surface area contributed by atoms with Crippen LogP contribution in [-0.4, -0.2) is 12.2 Å². The van der Waals surface area contributed by atoms with Crippen LogP contribution in [0.2, 0.25) is 0 Å². The highest BCUT2D eigenvalue weighted by atomic mass is 79.9. The van der Waals surface area contributed by atoms with Gasteiger partial charge in [0, 0.05) is 4.47 Å². The third-order valence-electron chi connectivity index (χ3n) is 2.97. The number of aliphatic hydroxyl groups excluding tert-OH is 1. The molecule has 0 amide bonds. The molecule has 18 heavy (non-hydrogen) atoms. The quantitative estimate of drug-likeness (QED) is 0.915. The Hall–Kier alpha value is -0.840. The smallest absolute Gasteiger partial charge is 0.122 e. The van der Waals surface area contributed by atoms with Crippen LogP contribution in [0.5, 0.6) is 5.75 Å². The van der Waals surface area contributed by atoms with Gasteiger partial charge in [-0.25, -0.2) is 0 Å². The summed E-state index contributed by atoms with van der Waals surface area (Å²) in [6.07, 6.45) is -0.594. The van der Waals surface area contributed by atoms with Gasteiger partial charge in [-0.05, 0) is 70.0 Å². The van der Waals surface area contributed by atoms with Gasteiger partial charge in [0.25, 0.3) is 0 Å². The Morgan fingerprint density at radius 2 is 2.00 bits per heavy atom. The molecule has 1 unspecified atom stereocenters. The minimum absolute atomic E-state index is 0.594. The maximum atomic E-state index is 10.5. The van der Waals surface area contributed by atoms with Crippen LogP contribution >= 0.6 is 27.3 Å². The molecule has 1 atom stereocenters. The SMILES string of the molecule is COc1cc(C)c(C(O)c2sccc2Br)cc1C. The summed E-state index contributed by atoms with van der Waals surface area (Å²) in [5.74, 6) is 0.855. The van der Waals surface area contributed by atoms with Gasteiger partial charge in [-0.2, -0.15) is 0 Å². The van der Waals surface area contributed by atoms with Crippen LogP contribution in [0.15, 0.2) is 28.1 Å². The number of thiophene rings is 1. The summed E-state index contributed by atoms with van der Waals surface area (Å²) in [6.45, 7) is 3.97. The molecular weight excluding hydrogens is 312 g/mol. The number of hydrogen-bond acceptors (Lipinski definition) is 3. The highest BCUT2D eigenvalue weighted by Crippen LogP contribution is 2.36. The van der Waals surface area contributed by atoms with E-state index >= 15 is 0 Å². The first kappa shape index (κ1) is 13.6. The number of aryl methyl sites for hydroxylation is 2. The number of hydrogen-bond donors (Lipinski definition) is 1. The first-order chi connectivity index (χ1) is 8.54. The lowest BCUT2D eigenvalue weighted by Crippen LogP contribution is -2.02. The third-order valence-corrected chi connectivity index (χ3v) is 4.89. The van der Waals surface area contributed by atoms with Crippen LogP contribution in [0, 0.1) is 13.8 Å². The predicted molar refractivity (Wildman–Crippen MR) is 78.5 cm³/mol. The van der Waals surface area contributed by atoms with E-state index in [1.807, 2.05) is 37.4 Å². The third kappa shape index (κ3) is 2.46. The van der Waals surface area contributed by atoms with Crippen molar-refractivity contribution in [2.45, 2.75) is 20.0 Å². The van der Waals surface area contributed by atoms with E-state index in [9.17, 15) is 5.11 Å². The lowest BCUT2D eigenvalue weighted by Gasteiger charge is -2.16. The largest absolute Gasteiger partial charge is 0.496 e. The molecule has 1 aromatic heterocycles. The maximum absolute atomic E-state index is 10.5. The summed E-state index contributed by atoms with van der Waals surface area (Å²) in [6, 6.07) is 5.91. The Balaban J connectivity index is 2.46. The second-order valence-corrected chi connectivity index (χ2v) is 6.02. The molecular formula is C14H15BrO2S. The van der Waals surface area contributed by atoms with Gasteiger partial charge in [0.2, 0.25) is 0 Å². The molecule has 4 heteroatoms. The van der Waals surface area contributed by atoms with Gasteiger partial charge < -0.3 is 9.84 Å². The van der Waals surface area contributed by atoms with E-state index in [-0.39, 0.29) is 0 Å². The van der Waals surface area contributed by atoms with Crippen molar-refractivity contribution in [3.8, 4) is 5.75 Å². The van der Waals surface area contributed by atoms with Gasteiger partial charge in [-0.3, -0.25) is 0 Å². The molecule has 0 aliphatic carbocycles. The Kier molecular flexibility index (Phi) is 4.10. The zero-order valence-corrected chi connectivity index (χ0v) is 12.9. The molecule has 0 aliphatic heterocycles. The number of rotatable bonds is 3. The molecule has 0 radical (unpaired) electrons. The van der Waals surface area contributed by atoms with Crippen LogP contribution < -0.4 is 4.74 Å². The molecule has 0 bridgehead atoms. The fourth-order valence-electron chi connectivity index (χ4n) is 1.97. The van der Waals surface area contributed by atoms with Crippen molar-refractivity contribution in [2.24, 2.45) is 0 Å². The van der Waals surface area contributed by atoms with Crippen molar-refractivity contribution >= 4 is 27.3 Å². The average molecular weight is 327 g/mol. The molecule has 2 rings (SSSR count). The van der Waals surface area contributed by atoms with Crippen molar-refractivity contribution in [3.63, 3.8) is 0 Å². The van der Waals surface area contributed by atoms with E-state index in [0.717, 1.165) is 31.8 Å². The van der Waals surface area contributed by atoms with E-state index < -0.39 is 6.10 Å². The second kappa shape index (κ2) is 5.43. The van der Waals surface area contributed by atoms with Gasteiger partial charge in [0.1, 0.15) is 11.9 Å². The molecule has 1 N–H and O–H groups in total. The molecule has 2 nitrogen and oxygen atoms in total. The highest BCUT2D eigenvalue weighted by Gasteiger charge is 2.18. The van der Waals surface area contributed by atoms with Crippen LogP contribution in [0.1, 0.15) is 27.7 Å².